The van der Waals surface area contributed by atoms with E-state index in [1.165, 1.54) is 12.0 Å². The zero-order valence-corrected chi connectivity index (χ0v) is 17.2. The van der Waals surface area contributed by atoms with Gasteiger partial charge in [0.05, 0.1) is 36.9 Å². The van der Waals surface area contributed by atoms with Gasteiger partial charge < -0.3 is 19.5 Å². The van der Waals surface area contributed by atoms with Gasteiger partial charge in [0.25, 0.3) is 0 Å². The molecule has 0 radical (unpaired) electrons. The number of Topliss-reactive ketones (excluding diaryl/α,β-unsaturated/α-hetero) is 1. The normalized spacial score (nSPS) is 21.9. The maximum atomic E-state index is 12.9. The molecule has 2 aliphatic heterocycles. The minimum Gasteiger partial charge on any atom is -0.507 e. The van der Waals surface area contributed by atoms with Crippen LogP contribution in [0.4, 0.5) is 0 Å². The van der Waals surface area contributed by atoms with Crippen LogP contribution in [0.1, 0.15) is 51.6 Å². The van der Waals surface area contributed by atoms with Crippen LogP contribution < -0.4 is 9.64 Å². The van der Waals surface area contributed by atoms with E-state index >= 15 is 0 Å². The fraction of sp³-hybridized carbons (Fsp3) is 0.333. The summed E-state index contributed by atoms with van der Waals surface area (Å²) in [5, 5.41) is 10.5. The summed E-state index contributed by atoms with van der Waals surface area (Å²) in [6.45, 7) is 5.00. The second kappa shape index (κ2) is 8.32. The summed E-state index contributed by atoms with van der Waals surface area (Å²) < 4.78 is 10.6. The first-order chi connectivity index (χ1) is 14.5. The minimum atomic E-state index is -0.412. The summed E-state index contributed by atoms with van der Waals surface area (Å²) in [5.74, 6) is 0.960. The molecule has 156 valence electrons. The topological polar surface area (TPSA) is 77.3 Å². The van der Waals surface area contributed by atoms with Gasteiger partial charge in [-0.25, -0.2) is 4.79 Å². The van der Waals surface area contributed by atoms with Gasteiger partial charge in [0.2, 0.25) is 5.78 Å². The van der Waals surface area contributed by atoms with Crippen LogP contribution in [-0.4, -0.2) is 37.1 Å². The number of benzene rings is 2. The molecule has 0 spiro atoms. The molecular formula is C24H26NO5+. The molecule has 1 saturated heterocycles. The summed E-state index contributed by atoms with van der Waals surface area (Å²) in [5.41, 5.74) is 2.34. The number of ketones is 1. The third-order valence-electron chi connectivity index (χ3n) is 5.95. The number of phenolic OH excluding ortho intramolecular Hbond substituents is 1. The molecule has 2 aromatic carbocycles. The largest absolute Gasteiger partial charge is 0.507 e. The van der Waals surface area contributed by atoms with E-state index < -0.39 is 5.97 Å². The first kappa shape index (κ1) is 20.2. The average Bonchev–Trinajstić information content (AvgIpc) is 3.07. The van der Waals surface area contributed by atoms with Gasteiger partial charge in [-0.15, -0.1) is 0 Å². The number of quaternary nitrogens is 1. The number of carbonyl (C=O) groups excluding carboxylic acids is 2. The maximum Gasteiger partial charge on any atom is 0.337 e. The predicted molar refractivity (Wildman–Crippen MR) is 112 cm³/mol. The van der Waals surface area contributed by atoms with Crippen LogP contribution in [0.2, 0.25) is 0 Å². The Morgan fingerprint density at radius 2 is 1.90 bits per heavy atom. The number of ether oxygens (including phenoxy) is 2. The number of esters is 1. The number of allylic oxidation sites excluding steroid dienone is 1. The number of carbonyl (C=O) groups is 2. The molecule has 0 amide bonds. The van der Waals surface area contributed by atoms with Crippen molar-refractivity contribution in [2.24, 2.45) is 5.92 Å². The van der Waals surface area contributed by atoms with Crippen molar-refractivity contribution in [3.63, 3.8) is 0 Å². The summed E-state index contributed by atoms with van der Waals surface area (Å²) >= 11 is 0. The molecule has 30 heavy (non-hydrogen) atoms. The van der Waals surface area contributed by atoms with Crippen molar-refractivity contribution in [1.82, 2.24) is 0 Å². The van der Waals surface area contributed by atoms with Gasteiger partial charge in [-0.2, -0.15) is 0 Å². The Kier molecular flexibility index (Phi) is 5.59. The Hall–Kier alpha value is -3.12. The lowest BCUT2D eigenvalue weighted by atomic mass is 9.98. The van der Waals surface area contributed by atoms with Crippen LogP contribution in [0, 0.1) is 5.92 Å². The Balaban J connectivity index is 1.58. The van der Waals surface area contributed by atoms with Crippen LogP contribution >= 0.6 is 0 Å². The summed E-state index contributed by atoms with van der Waals surface area (Å²) in [6.07, 6.45) is 3.98. The first-order valence-corrected chi connectivity index (χ1v) is 10.3. The Morgan fingerprint density at radius 1 is 1.20 bits per heavy atom. The molecule has 2 heterocycles. The first-order valence-electron chi connectivity index (χ1n) is 10.3. The van der Waals surface area contributed by atoms with E-state index in [1.54, 1.807) is 42.5 Å². The van der Waals surface area contributed by atoms with E-state index in [9.17, 15) is 14.7 Å². The summed E-state index contributed by atoms with van der Waals surface area (Å²) in [7, 11) is 1.33. The lowest BCUT2D eigenvalue weighted by Crippen LogP contribution is -3.11. The highest BCUT2D eigenvalue weighted by molar-refractivity contribution is 6.15. The number of nitrogens with one attached hydrogen (secondary N) is 1. The monoisotopic (exact) mass is 408 g/mol. The molecular weight excluding hydrogens is 382 g/mol. The molecule has 6 nitrogen and oxygen atoms in total. The highest BCUT2D eigenvalue weighted by Crippen LogP contribution is 2.39. The van der Waals surface area contributed by atoms with Crippen molar-refractivity contribution in [2.75, 3.05) is 20.2 Å². The van der Waals surface area contributed by atoms with Gasteiger partial charge in [-0.05, 0) is 54.7 Å². The fourth-order valence-electron chi connectivity index (χ4n) is 4.05. The number of fused-ring (bicyclic) bond motifs is 1. The number of hydrogen-bond acceptors (Lipinski definition) is 5. The number of aromatic hydroxyl groups is 1. The number of hydrogen-bond donors (Lipinski definition) is 2. The van der Waals surface area contributed by atoms with E-state index in [2.05, 4.69) is 6.92 Å². The molecule has 6 heteroatoms. The lowest BCUT2D eigenvalue weighted by Gasteiger charge is -2.27. The molecule has 0 unspecified atom stereocenters. The number of phenols is 1. The number of likely N-dealkylation sites (tertiary alicyclic amines) is 1. The SMILES string of the molecule is COC(=O)c1ccc(C=C2Oc3c(ccc(O)c3C[NH+]3CCC(C)CC3)C2=O)cc1. The third-order valence-corrected chi connectivity index (χ3v) is 5.95. The zero-order chi connectivity index (χ0) is 21.3. The van der Waals surface area contributed by atoms with E-state index in [0.29, 0.717) is 29.0 Å². The number of methoxy groups -OCH3 is 1. The lowest BCUT2D eigenvalue weighted by molar-refractivity contribution is -0.919. The van der Waals surface area contributed by atoms with Gasteiger partial charge in [-0.3, -0.25) is 4.79 Å². The zero-order valence-electron chi connectivity index (χ0n) is 17.2. The van der Waals surface area contributed by atoms with Crippen molar-refractivity contribution < 1.29 is 29.1 Å². The van der Waals surface area contributed by atoms with E-state index in [1.807, 2.05) is 0 Å². The van der Waals surface area contributed by atoms with Gasteiger partial charge in [0.15, 0.2) is 11.5 Å². The van der Waals surface area contributed by atoms with Crippen molar-refractivity contribution in [1.29, 1.82) is 0 Å². The van der Waals surface area contributed by atoms with Crippen LogP contribution in [0.5, 0.6) is 11.5 Å². The van der Waals surface area contributed by atoms with Gasteiger partial charge in [-0.1, -0.05) is 19.1 Å². The minimum absolute atomic E-state index is 0.163. The van der Waals surface area contributed by atoms with Gasteiger partial charge in [0, 0.05) is 0 Å². The van der Waals surface area contributed by atoms with Crippen LogP contribution in [0.15, 0.2) is 42.2 Å². The predicted octanol–water partition coefficient (Wildman–Crippen LogP) is 2.61. The van der Waals surface area contributed by atoms with Crippen molar-refractivity contribution >= 4 is 17.8 Å². The molecule has 0 aromatic heterocycles. The van der Waals surface area contributed by atoms with Crippen molar-refractivity contribution in [3.05, 3.63) is 64.4 Å². The molecule has 2 N–H and O–H groups in total. The third kappa shape index (κ3) is 3.96. The van der Waals surface area contributed by atoms with E-state index in [0.717, 1.165) is 37.4 Å². The van der Waals surface area contributed by atoms with Crippen molar-refractivity contribution in [2.45, 2.75) is 26.3 Å². The van der Waals surface area contributed by atoms with Crippen LogP contribution in [-0.2, 0) is 11.3 Å². The quantitative estimate of drug-likeness (QED) is 0.601. The Bertz CT molecular complexity index is 1000. The average molecular weight is 408 g/mol. The molecule has 4 rings (SSSR count). The van der Waals surface area contributed by atoms with Crippen LogP contribution in [0.3, 0.4) is 0 Å². The maximum absolute atomic E-state index is 12.9. The molecule has 0 saturated carbocycles. The molecule has 1 fully saturated rings. The smallest absolute Gasteiger partial charge is 0.337 e. The number of rotatable bonds is 4. The van der Waals surface area contributed by atoms with Crippen molar-refractivity contribution in [3.8, 4) is 11.5 Å². The highest BCUT2D eigenvalue weighted by Gasteiger charge is 2.33. The second-order valence-corrected chi connectivity index (χ2v) is 8.10. The molecule has 0 aliphatic carbocycles. The standard InChI is InChI=1S/C24H25NO5/c1-15-9-11-25(12-10-15)14-19-20(26)8-7-18-22(27)21(30-23(18)19)13-16-3-5-17(6-4-16)24(28)29-2/h3-8,13,15,26H,9-12,14H2,1-2H3/p+1. The molecule has 0 atom stereocenters. The summed E-state index contributed by atoms with van der Waals surface area (Å²) in [6, 6.07) is 9.94. The molecule has 0 bridgehead atoms. The Morgan fingerprint density at radius 3 is 2.57 bits per heavy atom. The van der Waals surface area contributed by atoms with E-state index in [4.69, 9.17) is 9.47 Å². The van der Waals surface area contributed by atoms with E-state index in [-0.39, 0.29) is 17.3 Å². The molecule has 2 aromatic rings. The second-order valence-electron chi connectivity index (χ2n) is 8.10. The van der Waals surface area contributed by atoms with Gasteiger partial charge >= 0.3 is 5.97 Å². The van der Waals surface area contributed by atoms with Gasteiger partial charge in [0.1, 0.15) is 12.3 Å². The highest BCUT2D eigenvalue weighted by atomic mass is 16.5. The summed E-state index contributed by atoms with van der Waals surface area (Å²) in [4.78, 5) is 25.8. The van der Waals surface area contributed by atoms with Crippen LogP contribution in [0.25, 0.3) is 6.08 Å². The fourth-order valence-corrected chi connectivity index (χ4v) is 4.05. The Labute approximate surface area is 175 Å². The molecule has 2 aliphatic rings. The number of piperidine rings is 1.